The van der Waals surface area contributed by atoms with Gasteiger partial charge in [-0.15, -0.1) is 0 Å². The first kappa shape index (κ1) is 21.3. The summed E-state index contributed by atoms with van der Waals surface area (Å²) >= 11 is 0. The van der Waals surface area contributed by atoms with Crippen LogP contribution in [0.25, 0.3) is 11.3 Å². The summed E-state index contributed by atoms with van der Waals surface area (Å²) in [5.41, 5.74) is 4.72. The largest absolute Gasteiger partial charge is 0.494 e. The second-order valence-corrected chi connectivity index (χ2v) is 7.15. The van der Waals surface area contributed by atoms with Crippen LogP contribution in [0.2, 0.25) is 0 Å². The maximum Gasteiger partial charge on any atom is 0.266 e. The molecule has 3 rings (SSSR count). The summed E-state index contributed by atoms with van der Waals surface area (Å²) in [6.07, 6.45) is 0.167. The van der Waals surface area contributed by atoms with Crippen molar-refractivity contribution in [2.45, 2.75) is 40.3 Å². The van der Waals surface area contributed by atoms with E-state index in [0.717, 1.165) is 16.9 Å². The van der Waals surface area contributed by atoms with Crippen LogP contribution < -0.4 is 15.6 Å². The van der Waals surface area contributed by atoms with Gasteiger partial charge in [0.2, 0.25) is 5.91 Å². The quantitative estimate of drug-likeness (QED) is 0.621. The number of carbonyl (C=O) groups is 1. The molecule has 0 aliphatic carbocycles. The number of hydrogen-bond acceptors (Lipinski definition) is 4. The minimum atomic E-state index is -0.225. The SMILES string of the molecule is CCOc1ccccc1CNC(=O)CCn1nc(-c2ccc(C)c(C)c2)ccc1=O. The Morgan fingerprint density at radius 3 is 2.63 bits per heavy atom. The van der Waals surface area contributed by atoms with Gasteiger partial charge in [-0.05, 0) is 50.1 Å². The number of carbonyl (C=O) groups excluding carboxylic acids is 1. The van der Waals surface area contributed by atoms with Crippen LogP contribution >= 0.6 is 0 Å². The molecule has 0 fully saturated rings. The highest BCUT2D eigenvalue weighted by Gasteiger charge is 2.09. The number of nitrogens with zero attached hydrogens (tertiary/aromatic N) is 2. The van der Waals surface area contributed by atoms with E-state index in [-0.39, 0.29) is 24.4 Å². The third kappa shape index (κ3) is 5.35. The highest BCUT2D eigenvalue weighted by molar-refractivity contribution is 5.75. The zero-order valence-corrected chi connectivity index (χ0v) is 17.6. The molecule has 0 radical (unpaired) electrons. The lowest BCUT2D eigenvalue weighted by molar-refractivity contribution is -0.121. The lowest BCUT2D eigenvalue weighted by Gasteiger charge is -2.11. The normalized spacial score (nSPS) is 10.6. The number of benzene rings is 2. The average molecular weight is 405 g/mol. The zero-order chi connectivity index (χ0) is 21.5. The maximum absolute atomic E-state index is 12.3. The molecule has 0 saturated heterocycles. The summed E-state index contributed by atoms with van der Waals surface area (Å²) in [6, 6.07) is 16.9. The van der Waals surface area contributed by atoms with Crippen molar-refractivity contribution in [3.63, 3.8) is 0 Å². The summed E-state index contributed by atoms with van der Waals surface area (Å²) in [6.45, 7) is 7.18. The molecule has 0 aliphatic rings. The van der Waals surface area contributed by atoms with E-state index >= 15 is 0 Å². The van der Waals surface area contributed by atoms with Crippen molar-refractivity contribution < 1.29 is 9.53 Å². The summed E-state index contributed by atoms with van der Waals surface area (Å²) < 4.78 is 6.92. The minimum Gasteiger partial charge on any atom is -0.494 e. The second kappa shape index (κ2) is 9.87. The topological polar surface area (TPSA) is 73.2 Å². The summed E-state index contributed by atoms with van der Waals surface area (Å²) in [7, 11) is 0. The number of nitrogens with one attached hydrogen (secondary N) is 1. The van der Waals surface area contributed by atoms with Crippen molar-refractivity contribution in [3.8, 4) is 17.0 Å². The van der Waals surface area contributed by atoms with Gasteiger partial charge >= 0.3 is 0 Å². The molecule has 0 bridgehead atoms. The Kier molecular flexibility index (Phi) is 7.01. The molecule has 156 valence electrons. The van der Waals surface area contributed by atoms with E-state index in [1.165, 1.54) is 21.9 Å². The van der Waals surface area contributed by atoms with Crippen LogP contribution in [0.15, 0.2) is 59.4 Å². The smallest absolute Gasteiger partial charge is 0.266 e. The van der Waals surface area contributed by atoms with Crippen LogP contribution in [0.3, 0.4) is 0 Å². The van der Waals surface area contributed by atoms with Gasteiger partial charge in [0.05, 0.1) is 18.8 Å². The predicted molar refractivity (Wildman–Crippen MR) is 117 cm³/mol. The molecule has 2 aromatic carbocycles. The number of hydrogen-bond donors (Lipinski definition) is 1. The second-order valence-electron chi connectivity index (χ2n) is 7.15. The number of aryl methyl sites for hydroxylation is 3. The van der Waals surface area contributed by atoms with Crippen LogP contribution in [-0.4, -0.2) is 22.3 Å². The third-order valence-electron chi connectivity index (χ3n) is 4.97. The van der Waals surface area contributed by atoms with Gasteiger partial charge in [0.1, 0.15) is 5.75 Å². The molecule has 0 aliphatic heterocycles. The molecule has 0 unspecified atom stereocenters. The molecule has 1 heterocycles. The molecule has 6 nitrogen and oxygen atoms in total. The predicted octanol–water partition coefficient (Wildman–Crippen LogP) is 3.63. The molecule has 0 atom stereocenters. The fraction of sp³-hybridized carbons (Fsp3) is 0.292. The first-order valence-electron chi connectivity index (χ1n) is 10.1. The lowest BCUT2D eigenvalue weighted by atomic mass is 10.0. The molecular weight excluding hydrogens is 378 g/mol. The van der Waals surface area contributed by atoms with E-state index in [0.29, 0.717) is 18.8 Å². The number of ether oxygens (including phenoxy) is 1. The molecule has 1 N–H and O–H groups in total. The van der Waals surface area contributed by atoms with Crippen molar-refractivity contribution >= 4 is 5.91 Å². The van der Waals surface area contributed by atoms with Gasteiger partial charge in [0.15, 0.2) is 0 Å². The lowest BCUT2D eigenvalue weighted by Crippen LogP contribution is -2.28. The van der Waals surface area contributed by atoms with Crippen LogP contribution in [0, 0.1) is 13.8 Å². The highest BCUT2D eigenvalue weighted by atomic mass is 16.5. The molecule has 0 spiro atoms. The van der Waals surface area contributed by atoms with E-state index in [1.54, 1.807) is 6.07 Å². The molecule has 0 saturated carbocycles. The average Bonchev–Trinajstić information content (AvgIpc) is 2.75. The number of amides is 1. The van der Waals surface area contributed by atoms with Crippen molar-refractivity contribution in [2.24, 2.45) is 0 Å². The zero-order valence-electron chi connectivity index (χ0n) is 17.6. The Balaban J connectivity index is 1.63. The van der Waals surface area contributed by atoms with E-state index in [4.69, 9.17) is 4.74 Å². The van der Waals surface area contributed by atoms with Crippen LogP contribution in [0.5, 0.6) is 5.75 Å². The highest BCUT2D eigenvalue weighted by Crippen LogP contribution is 2.19. The maximum atomic E-state index is 12.3. The number of rotatable bonds is 8. The molecule has 6 heteroatoms. The van der Waals surface area contributed by atoms with Gasteiger partial charge in [-0.2, -0.15) is 5.10 Å². The van der Waals surface area contributed by atoms with Crippen molar-refractivity contribution in [2.75, 3.05) is 6.61 Å². The van der Waals surface area contributed by atoms with E-state index in [2.05, 4.69) is 23.4 Å². The van der Waals surface area contributed by atoms with E-state index < -0.39 is 0 Å². The molecule has 1 amide bonds. The van der Waals surface area contributed by atoms with Crippen molar-refractivity contribution in [1.29, 1.82) is 0 Å². The Morgan fingerprint density at radius 1 is 1.07 bits per heavy atom. The Hall–Kier alpha value is -3.41. The Morgan fingerprint density at radius 2 is 1.87 bits per heavy atom. The first-order chi connectivity index (χ1) is 14.5. The summed E-state index contributed by atoms with van der Waals surface area (Å²) in [5.74, 6) is 0.617. The van der Waals surface area contributed by atoms with Crippen LogP contribution in [-0.2, 0) is 17.9 Å². The molecule has 1 aromatic heterocycles. The Labute approximate surface area is 176 Å². The fourth-order valence-electron chi connectivity index (χ4n) is 3.10. The van der Waals surface area contributed by atoms with Crippen LogP contribution in [0.4, 0.5) is 0 Å². The van der Waals surface area contributed by atoms with Gasteiger partial charge in [-0.25, -0.2) is 4.68 Å². The van der Waals surface area contributed by atoms with E-state index in [1.807, 2.05) is 50.2 Å². The third-order valence-corrected chi connectivity index (χ3v) is 4.97. The van der Waals surface area contributed by atoms with Crippen molar-refractivity contribution in [3.05, 3.63) is 81.6 Å². The van der Waals surface area contributed by atoms with Gasteiger partial charge in [0.25, 0.3) is 5.56 Å². The molecule has 3 aromatic rings. The van der Waals surface area contributed by atoms with Gasteiger partial charge < -0.3 is 10.1 Å². The molecule has 30 heavy (non-hydrogen) atoms. The Bertz CT molecular complexity index is 1090. The minimum absolute atomic E-state index is 0.147. The van der Waals surface area contributed by atoms with Crippen molar-refractivity contribution in [1.82, 2.24) is 15.1 Å². The standard InChI is InChI=1S/C24H27N3O3/c1-4-30-22-8-6-5-7-20(22)16-25-23(28)13-14-27-24(29)12-11-21(26-27)19-10-9-17(2)18(3)15-19/h5-12,15H,4,13-14,16H2,1-3H3,(H,25,28). The van der Waals surface area contributed by atoms with Crippen LogP contribution in [0.1, 0.15) is 30.0 Å². The molecular formula is C24H27N3O3. The summed E-state index contributed by atoms with van der Waals surface area (Å²) in [4.78, 5) is 24.5. The monoisotopic (exact) mass is 405 g/mol. The van der Waals surface area contributed by atoms with Gasteiger partial charge in [-0.1, -0.05) is 30.3 Å². The van der Waals surface area contributed by atoms with Gasteiger partial charge in [0, 0.05) is 30.2 Å². The number of aromatic nitrogens is 2. The fourth-order valence-corrected chi connectivity index (χ4v) is 3.10. The summed E-state index contributed by atoms with van der Waals surface area (Å²) in [5, 5.41) is 7.33. The first-order valence-corrected chi connectivity index (χ1v) is 10.1. The van der Waals surface area contributed by atoms with Gasteiger partial charge in [-0.3, -0.25) is 9.59 Å². The number of para-hydroxylation sites is 1. The van der Waals surface area contributed by atoms with E-state index in [9.17, 15) is 9.59 Å².